The zero-order chi connectivity index (χ0) is 27.7. The SMILES string of the molecule is COC(=O)c1sc(N2C(=O)C(=O)C(=C(O)c3ccc(Cl)cc3)C2c2cccc(Oc3ccccc3)c2)nc1C. The second-order valence-electron chi connectivity index (χ2n) is 8.57. The molecule has 8 nitrogen and oxygen atoms in total. The highest BCUT2D eigenvalue weighted by Crippen LogP contribution is 2.44. The summed E-state index contributed by atoms with van der Waals surface area (Å²) in [6.45, 7) is 1.61. The van der Waals surface area contributed by atoms with Crippen molar-refractivity contribution in [2.45, 2.75) is 13.0 Å². The average Bonchev–Trinajstić information content (AvgIpc) is 3.45. The van der Waals surface area contributed by atoms with E-state index < -0.39 is 23.7 Å². The van der Waals surface area contributed by atoms with Crippen molar-refractivity contribution < 1.29 is 29.0 Å². The molecule has 5 rings (SSSR count). The number of aliphatic hydroxyl groups excluding tert-OH is 1. The Bertz CT molecular complexity index is 1610. The molecule has 4 aromatic rings. The highest BCUT2D eigenvalue weighted by atomic mass is 35.5. The van der Waals surface area contributed by atoms with Crippen molar-refractivity contribution >= 4 is 51.5 Å². The Labute approximate surface area is 232 Å². The molecule has 1 atom stereocenters. The van der Waals surface area contributed by atoms with Gasteiger partial charge >= 0.3 is 11.9 Å². The monoisotopic (exact) mass is 560 g/mol. The lowest BCUT2D eigenvalue weighted by Crippen LogP contribution is -2.29. The number of carbonyl (C=O) groups excluding carboxylic acids is 3. The van der Waals surface area contributed by atoms with Gasteiger partial charge in [-0.15, -0.1) is 0 Å². The molecule has 1 aliphatic rings. The van der Waals surface area contributed by atoms with Crippen molar-refractivity contribution in [3.8, 4) is 11.5 Å². The van der Waals surface area contributed by atoms with Gasteiger partial charge in [0.25, 0.3) is 5.78 Å². The third-order valence-corrected chi connectivity index (χ3v) is 7.47. The van der Waals surface area contributed by atoms with Gasteiger partial charge in [0.1, 0.15) is 22.1 Å². The zero-order valence-corrected chi connectivity index (χ0v) is 22.3. The number of anilines is 1. The van der Waals surface area contributed by atoms with Gasteiger partial charge in [-0.3, -0.25) is 14.5 Å². The first-order valence-corrected chi connectivity index (χ1v) is 12.9. The number of halogens is 1. The van der Waals surface area contributed by atoms with Crippen molar-refractivity contribution in [1.82, 2.24) is 4.98 Å². The summed E-state index contributed by atoms with van der Waals surface area (Å²) in [5, 5.41) is 11.9. The number of thiazole rings is 1. The van der Waals surface area contributed by atoms with Crippen LogP contribution in [0.3, 0.4) is 0 Å². The number of esters is 1. The fourth-order valence-corrected chi connectivity index (χ4v) is 5.39. The summed E-state index contributed by atoms with van der Waals surface area (Å²) in [6.07, 6.45) is 0. The molecular weight excluding hydrogens is 540 g/mol. The number of hydrogen-bond donors (Lipinski definition) is 1. The highest BCUT2D eigenvalue weighted by molar-refractivity contribution is 7.17. The van der Waals surface area contributed by atoms with Crippen molar-refractivity contribution in [3.63, 3.8) is 0 Å². The van der Waals surface area contributed by atoms with Crippen LogP contribution in [0.15, 0.2) is 84.4 Å². The molecule has 1 aromatic heterocycles. The number of aliphatic hydroxyl groups is 1. The molecule has 1 fully saturated rings. The van der Waals surface area contributed by atoms with Crippen LogP contribution in [0.5, 0.6) is 11.5 Å². The first kappa shape index (κ1) is 26.1. The highest BCUT2D eigenvalue weighted by Gasteiger charge is 2.48. The van der Waals surface area contributed by atoms with Gasteiger partial charge in [0.2, 0.25) is 0 Å². The van der Waals surface area contributed by atoms with Gasteiger partial charge in [-0.05, 0) is 61.0 Å². The number of para-hydroxylation sites is 1. The smallest absolute Gasteiger partial charge is 0.350 e. The van der Waals surface area contributed by atoms with E-state index in [1.54, 1.807) is 67.6 Å². The Hall–Kier alpha value is -4.47. The van der Waals surface area contributed by atoms with Crippen molar-refractivity contribution in [3.05, 3.63) is 111 Å². The zero-order valence-electron chi connectivity index (χ0n) is 20.8. The number of nitrogens with zero attached hydrogens (tertiary/aromatic N) is 2. The summed E-state index contributed by atoms with van der Waals surface area (Å²) >= 11 is 6.93. The summed E-state index contributed by atoms with van der Waals surface area (Å²) < 4.78 is 10.8. The van der Waals surface area contributed by atoms with Gasteiger partial charge in [0.05, 0.1) is 24.4 Å². The lowest BCUT2D eigenvalue weighted by Gasteiger charge is -2.23. The molecule has 0 radical (unpaired) electrons. The number of carbonyl (C=O) groups is 3. The molecule has 1 unspecified atom stereocenters. The normalized spacial score (nSPS) is 16.4. The van der Waals surface area contributed by atoms with E-state index in [0.29, 0.717) is 33.3 Å². The molecule has 3 aromatic carbocycles. The van der Waals surface area contributed by atoms with Gasteiger partial charge in [-0.25, -0.2) is 9.78 Å². The van der Waals surface area contributed by atoms with E-state index in [1.165, 1.54) is 12.0 Å². The topological polar surface area (TPSA) is 106 Å². The van der Waals surface area contributed by atoms with Gasteiger partial charge in [-0.1, -0.05) is 53.3 Å². The summed E-state index contributed by atoms with van der Waals surface area (Å²) in [7, 11) is 1.25. The number of hydrogen-bond acceptors (Lipinski definition) is 8. The first-order valence-electron chi connectivity index (χ1n) is 11.7. The van der Waals surface area contributed by atoms with Crippen molar-refractivity contribution in [2.75, 3.05) is 12.0 Å². The lowest BCUT2D eigenvalue weighted by molar-refractivity contribution is -0.132. The van der Waals surface area contributed by atoms with Crippen LogP contribution in [-0.4, -0.2) is 34.9 Å². The number of aryl methyl sites for hydroxylation is 1. The van der Waals surface area contributed by atoms with Crippen LogP contribution in [0.25, 0.3) is 5.76 Å². The Morgan fingerprint density at radius 1 is 1.00 bits per heavy atom. The molecule has 1 amide bonds. The van der Waals surface area contributed by atoms with Crippen LogP contribution in [0.1, 0.15) is 32.5 Å². The van der Waals surface area contributed by atoms with E-state index in [1.807, 2.05) is 18.2 Å². The number of ketones is 1. The molecule has 39 heavy (non-hydrogen) atoms. The summed E-state index contributed by atoms with van der Waals surface area (Å²) in [4.78, 5) is 44.9. The molecule has 10 heteroatoms. The van der Waals surface area contributed by atoms with Gasteiger partial charge in [-0.2, -0.15) is 0 Å². The molecule has 1 N–H and O–H groups in total. The Morgan fingerprint density at radius 2 is 1.69 bits per heavy atom. The minimum Gasteiger partial charge on any atom is -0.507 e. The summed E-state index contributed by atoms with van der Waals surface area (Å²) in [5.41, 5.74) is 1.02. The maximum Gasteiger partial charge on any atom is 0.350 e. The van der Waals surface area contributed by atoms with E-state index in [2.05, 4.69) is 4.98 Å². The molecule has 1 aliphatic heterocycles. The fourth-order valence-electron chi connectivity index (χ4n) is 4.25. The van der Waals surface area contributed by atoms with Crippen LogP contribution >= 0.6 is 22.9 Å². The molecule has 2 heterocycles. The third kappa shape index (κ3) is 5.01. The van der Waals surface area contributed by atoms with E-state index in [-0.39, 0.29) is 21.3 Å². The second kappa shape index (κ2) is 10.7. The number of benzene rings is 3. The first-order chi connectivity index (χ1) is 18.8. The third-order valence-electron chi connectivity index (χ3n) is 6.08. The predicted octanol–water partition coefficient (Wildman–Crippen LogP) is 6.31. The number of Topliss-reactive ketones (excluding diaryl/α,β-unsaturated/α-hetero) is 1. The van der Waals surface area contributed by atoms with Crippen molar-refractivity contribution in [2.24, 2.45) is 0 Å². The molecular formula is C29H21ClN2O6S. The molecule has 0 spiro atoms. The molecule has 196 valence electrons. The Kier molecular flexibility index (Phi) is 7.19. The van der Waals surface area contributed by atoms with E-state index >= 15 is 0 Å². The molecule has 0 saturated carbocycles. The number of ether oxygens (including phenoxy) is 2. The van der Waals surface area contributed by atoms with Crippen LogP contribution < -0.4 is 9.64 Å². The van der Waals surface area contributed by atoms with E-state index in [9.17, 15) is 19.5 Å². The van der Waals surface area contributed by atoms with Crippen molar-refractivity contribution in [1.29, 1.82) is 0 Å². The number of amides is 1. The van der Waals surface area contributed by atoms with Gasteiger partial charge in [0.15, 0.2) is 5.13 Å². The molecule has 0 aliphatic carbocycles. The maximum absolute atomic E-state index is 13.5. The van der Waals surface area contributed by atoms with E-state index in [0.717, 1.165) is 11.3 Å². The number of methoxy groups -OCH3 is 1. The van der Waals surface area contributed by atoms with Crippen LogP contribution in [0, 0.1) is 6.92 Å². The number of aromatic nitrogens is 1. The average molecular weight is 561 g/mol. The van der Waals surface area contributed by atoms with Gasteiger partial charge < -0.3 is 14.6 Å². The quantitative estimate of drug-likeness (QED) is 0.127. The minimum absolute atomic E-state index is 0.115. The summed E-state index contributed by atoms with van der Waals surface area (Å²) in [6, 6.07) is 21.2. The predicted molar refractivity (Wildman–Crippen MR) is 147 cm³/mol. The second-order valence-corrected chi connectivity index (χ2v) is 9.98. The van der Waals surface area contributed by atoms with Crippen LogP contribution in [0.2, 0.25) is 5.02 Å². The maximum atomic E-state index is 13.5. The van der Waals surface area contributed by atoms with Crippen LogP contribution in [-0.2, 0) is 14.3 Å². The van der Waals surface area contributed by atoms with Gasteiger partial charge in [0, 0.05) is 10.6 Å². The van der Waals surface area contributed by atoms with E-state index in [4.69, 9.17) is 21.1 Å². The number of rotatable bonds is 6. The molecule has 0 bridgehead atoms. The Morgan fingerprint density at radius 3 is 2.38 bits per heavy atom. The Balaban J connectivity index is 1.67. The standard InChI is InChI=1S/C29H21ClN2O6S/c1-16-26(28(36)37-2)39-29(31-16)32-23(18-7-6-10-21(15-18)38-20-8-4-3-5-9-20)22(25(34)27(32)35)24(33)17-11-13-19(30)14-12-17/h3-15,23,33H,1-2H3. The molecule has 1 saturated heterocycles. The lowest BCUT2D eigenvalue weighted by atomic mass is 9.95. The summed E-state index contributed by atoms with van der Waals surface area (Å²) in [5.74, 6) is -1.70. The van der Waals surface area contributed by atoms with Crippen LogP contribution in [0.4, 0.5) is 5.13 Å². The minimum atomic E-state index is -1.06. The fraction of sp³-hybridized carbons (Fsp3) is 0.103. The largest absolute Gasteiger partial charge is 0.507 e.